The van der Waals surface area contributed by atoms with E-state index in [0.29, 0.717) is 33.4 Å². The second kappa shape index (κ2) is 13.3. The van der Waals surface area contributed by atoms with Gasteiger partial charge in [-0.2, -0.15) is 5.10 Å². The zero-order valence-corrected chi connectivity index (χ0v) is 23.2. The molecule has 0 saturated heterocycles. The number of hydrogen-bond donors (Lipinski definition) is 2. The molecule has 0 spiro atoms. The number of esters is 1. The van der Waals surface area contributed by atoms with Crippen molar-refractivity contribution in [2.45, 2.75) is 0 Å². The summed E-state index contributed by atoms with van der Waals surface area (Å²) in [6, 6.07) is 20.2. The molecule has 0 saturated carbocycles. The summed E-state index contributed by atoms with van der Waals surface area (Å²) in [4.78, 5) is 37.9. The number of nitrogens with zero attached hydrogens (tertiary/aromatic N) is 1. The van der Waals surface area contributed by atoms with Crippen molar-refractivity contribution in [2.24, 2.45) is 5.10 Å². The summed E-state index contributed by atoms with van der Waals surface area (Å²) < 4.78 is 21.4. The van der Waals surface area contributed by atoms with Crippen molar-refractivity contribution in [2.75, 3.05) is 27.9 Å². The summed E-state index contributed by atoms with van der Waals surface area (Å²) in [7, 11) is 4.32. The maximum atomic E-state index is 12.7. The van der Waals surface area contributed by atoms with Crippen molar-refractivity contribution in [3.8, 4) is 23.0 Å². The first-order valence-corrected chi connectivity index (χ1v) is 12.6. The van der Waals surface area contributed by atoms with Gasteiger partial charge in [0.2, 0.25) is 5.75 Å². The van der Waals surface area contributed by atoms with Crippen molar-refractivity contribution in [1.82, 2.24) is 10.7 Å². The molecule has 0 atom stereocenters. The average molecular weight is 576 g/mol. The molecule has 41 heavy (non-hydrogen) atoms. The number of rotatable bonds is 10. The van der Waals surface area contributed by atoms with E-state index in [9.17, 15) is 14.4 Å². The van der Waals surface area contributed by atoms with Crippen molar-refractivity contribution in [3.05, 3.63) is 94.5 Å². The lowest BCUT2D eigenvalue weighted by molar-refractivity contribution is -0.120. The molecule has 0 radical (unpaired) electrons. The number of halogens is 1. The molecule has 4 aromatic carbocycles. The number of ether oxygens (including phenoxy) is 4. The summed E-state index contributed by atoms with van der Waals surface area (Å²) in [5.74, 6) is -0.508. The van der Waals surface area contributed by atoms with Gasteiger partial charge in [-0.1, -0.05) is 41.9 Å². The number of methoxy groups -OCH3 is 3. The topological polar surface area (TPSA) is 125 Å². The number of hydrogen-bond acceptors (Lipinski definition) is 8. The number of nitrogens with one attached hydrogen (secondary N) is 2. The Kier molecular flexibility index (Phi) is 9.39. The zero-order valence-electron chi connectivity index (χ0n) is 22.4. The van der Waals surface area contributed by atoms with Crippen LogP contribution in [0.1, 0.15) is 26.3 Å². The predicted octanol–water partition coefficient (Wildman–Crippen LogP) is 4.62. The van der Waals surface area contributed by atoms with E-state index in [4.69, 9.17) is 30.5 Å². The Labute approximate surface area is 240 Å². The molecule has 0 fully saturated rings. The molecule has 0 aliphatic heterocycles. The van der Waals surface area contributed by atoms with E-state index in [-0.39, 0.29) is 17.9 Å². The molecule has 0 aliphatic carbocycles. The number of benzene rings is 4. The van der Waals surface area contributed by atoms with E-state index < -0.39 is 17.8 Å². The first-order chi connectivity index (χ1) is 19.8. The maximum absolute atomic E-state index is 12.7. The van der Waals surface area contributed by atoms with Gasteiger partial charge in [0.05, 0.1) is 39.7 Å². The van der Waals surface area contributed by atoms with Crippen molar-refractivity contribution in [3.63, 3.8) is 0 Å². The lowest BCUT2D eigenvalue weighted by Gasteiger charge is -2.14. The Hall–Kier alpha value is -5.09. The van der Waals surface area contributed by atoms with Gasteiger partial charge in [0.1, 0.15) is 5.75 Å². The second-order valence-electron chi connectivity index (χ2n) is 8.48. The van der Waals surface area contributed by atoms with Crippen LogP contribution >= 0.6 is 11.6 Å². The molecule has 0 heterocycles. The SMILES string of the molecule is COc1cc(C(=O)NCC(=O)N/N=C\c2c(OC(=O)c3ccc(Cl)cc3)ccc3ccccc23)cc(OC)c1OC. The number of fused-ring (bicyclic) bond motifs is 1. The summed E-state index contributed by atoms with van der Waals surface area (Å²) in [6.45, 7) is -0.360. The normalized spacial score (nSPS) is 10.7. The lowest BCUT2D eigenvalue weighted by atomic mass is 10.0. The van der Waals surface area contributed by atoms with Crippen LogP contribution < -0.4 is 29.7 Å². The third-order valence-electron chi connectivity index (χ3n) is 5.93. The van der Waals surface area contributed by atoms with Gasteiger partial charge in [-0.3, -0.25) is 9.59 Å². The Morgan fingerprint density at radius 2 is 1.51 bits per heavy atom. The number of carbonyl (C=O) groups is 3. The highest BCUT2D eigenvalue weighted by Crippen LogP contribution is 2.38. The molecule has 4 aromatic rings. The Bertz CT molecular complexity index is 1600. The second-order valence-corrected chi connectivity index (χ2v) is 8.92. The minimum atomic E-state index is -0.581. The van der Waals surface area contributed by atoms with E-state index >= 15 is 0 Å². The third kappa shape index (κ3) is 6.92. The smallest absolute Gasteiger partial charge is 0.343 e. The molecule has 0 unspecified atom stereocenters. The van der Waals surface area contributed by atoms with Gasteiger partial charge in [-0.05, 0) is 53.2 Å². The number of hydrazone groups is 1. The van der Waals surface area contributed by atoms with Gasteiger partial charge in [0, 0.05) is 16.1 Å². The molecular formula is C30H26ClN3O7. The largest absolute Gasteiger partial charge is 0.493 e. The fourth-order valence-corrected chi connectivity index (χ4v) is 4.05. The fourth-order valence-electron chi connectivity index (χ4n) is 3.93. The fraction of sp³-hybridized carbons (Fsp3) is 0.133. The highest BCUT2D eigenvalue weighted by Gasteiger charge is 2.18. The first-order valence-electron chi connectivity index (χ1n) is 12.2. The Balaban J connectivity index is 1.46. The molecule has 2 N–H and O–H groups in total. The standard InChI is InChI=1S/C30H26ClN3O7/c1-38-25-14-20(15-26(39-2)28(25)40-3)29(36)32-17-27(35)34-33-16-23-22-7-5-4-6-18(22)10-13-24(23)41-30(37)19-8-11-21(31)12-9-19/h4-16H,17H2,1-3H3,(H,32,36)(H,34,35)/b33-16-. The van der Waals surface area contributed by atoms with E-state index in [0.717, 1.165) is 10.8 Å². The number of carbonyl (C=O) groups excluding carboxylic acids is 3. The van der Waals surface area contributed by atoms with Crippen LogP contribution in [-0.4, -0.2) is 51.9 Å². The molecule has 10 nitrogen and oxygen atoms in total. The van der Waals surface area contributed by atoms with Crippen LogP contribution in [0.25, 0.3) is 10.8 Å². The molecule has 0 aromatic heterocycles. The van der Waals surface area contributed by atoms with E-state index in [1.807, 2.05) is 30.3 Å². The van der Waals surface area contributed by atoms with Crippen LogP contribution in [0, 0.1) is 0 Å². The first kappa shape index (κ1) is 28.9. The summed E-state index contributed by atoms with van der Waals surface area (Å²) >= 11 is 5.91. The van der Waals surface area contributed by atoms with Gasteiger partial charge in [-0.15, -0.1) is 0 Å². The molecule has 0 aliphatic rings. The molecule has 2 amide bonds. The molecule has 0 bridgehead atoms. The van der Waals surface area contributed by atoms with E-state index in [2.05, 4.69) is 15.8 Å². The van der Waals surface area contributed by atoms with Crippen LogP contribution in [0.5, 0.6) is 23.0 Å². The minimum Gasteiger partial charge on any atom is -0.493 e. The van der Waals surface area contributed by atoms with Crippen molar-refractivity contribution >= 4 is 46.4 Å². The molecular weight excluding hydrogens is 550 g/mol. The van der Waals surface area contributed by atoms with Gasteiger partial charge in [0.25, 0.3) is 11.8 Å². The lowest BCUT2D eigenvalue weighted by Crippen LogP contribution is -2.35. The highest BCUT2D eigenvalue weighted by molar-refractivity contribution is 6.30. The van der Waals surface area contributed by atoms with Gasteiger partial charge in [0.15, 0.2) is 11.5 Å². The van der Waals surface area contributed by atoms with E-state index in [1.165, 1.54) is 39.7 Å². The predicted molar refractivity (Wildman–Crippen MR) is 155 cm³/mol. The maximum Gasteiger partial charge on any atom is 0.343 e. The highest BCUT2D eigenvalue weighted by atomic mass is 35.5. The monoisotopic (exact) mass is 575 g/mol. The Morgan fingerprint density at radius 3 is 2.17 bits per heavy atom. The van der Waals surface area contributed by atoms with Crippen LogP contribution in [0.3, 0.4) is 0 Å². The van der Waals surface area contributed by atoms with Crippen LogP contribution in [0.15, 0.2) is 77.9 Å². The molecule has 4 rings (SSSR count). The van der Waals surface area contributed by atoms with Crippen molar-refractivity contribution < 1.29 is 33.3 Å². The van der Waals surface area contributed by atoms with Gasteiger partial charge < -0.3 is 24.3 Å². The Morgan fingerprint density at radius 1 is 0.829 bits per heavy atom. The minimum absolute atomic E-state index is 0.207. The van der Waals surface area contributed by atoms with Gasteiger partial charge >= 0.3 is 5.97 Å². The quantitative estimate of drug-likeness (QED) is 0.122. The summed E-state index contributed by atoms with van der Waals surface area (Å²) in [6.07, 6.45) is 1.38. The molecule has 210 valence electrons. The van der Waals surface area contributed by atoms with Crippen LogP contribution in [-0.2, 0) is 4.79 Å². The van der Waals surface area contributed by atoms with E-state index in [1.54, 1.807) is 30.3 Å². The number of amides is 2. The van der Waals surface area contributed by atoms with Crippen LogP contribution in [0.2, 0.25) is 5.02 Å². The van der Waals surface area contributed by atoms with Gasteiger partial charge in [-0.25, -0.2) is 10.2 Å². The van der Waals surface area contributed by atoms with Crippen molar-refractivity contribution in [1.29, 1.82) is 0 Å². The summed E-state index contributed by atoms with van der Waals surface area (Å²) in [5.41, 5.74) is 3.38. The van der Waals surface area contributed by atoms with Crippen LogP contribution in [0.4, 0.5) is 0 Å². The summed E-state index contributed by atoms with van der Waals surface area (Å²) in [5, 5.41) is 8.68. The third-order valence-corrected chi connectivity index (χ3v) is 6.18. The zero-order chi connectivity index (χ0) is 29.4. The molecule has 11 heteroatoms. The average Bonchev–Trinajstić information content (AvgIpc) is 3.00.